The summed E-state index contributed by atoms with van der Waals surface area (Å²) in [5, 5.41) is 0. The number of unbranched alkanes of at least 4 members (excludes halogenated alkanes) is 1. The number of benzene rings is 3. The highest BCUT2D eigenvalue weighted by Gasteiger charge is 2.15. The number of fused-ring (bicyclic) bond motifs is 1. The lowest BCUT2D eigenvalue weighted by atomic mass is 9.98. The minimum absolute atomic E-state index is 0.298. The fraction of sp³-hybridized carbons (Fsp3) is 0.259. The zero-order chi connectivity index (χ0) is 22.5. The van der Waals surface area contributed by atoms with Gasteiger partial charge in [-0.3, -0.25) is 0 Å². The topological polar surface area (TPSA) is 70.1 Å². The van der Waals surface area contributed by atoms with Crippen molar-refractivity contribution in [2.75, 3.05) is 12.3 Å². The molecule has 0 unspecified atom stereocenters. The van der Waals surface area contributed by atoms with E-state index in [0.29, 0.717) is 18.7 Å². The molecule has 0 radical (unpaired) electrons. The van der Waals surface area contributed by atoms with Crippen LogP contribution in [0.2, 0.25) is 0 Å². The van der Waals surface area contributed by atoms with Crippen molar-refractivity contribution in [2.24, 2.45) is 0 Å². The van der Waals surface area contributed by atoms with Gasteiger partial charge in [-0.05, 0) is 48.2 Å². The predicted octanol–water partition coefficient (Wildman–Crippen LogP) is 5.85. The molecule has 0 bridgehead atoms. The number of imidazole rings is 1. The van der Waals surface area contributed by atoms with Crippen molar-refractivity contribution in [1.82, 2.24) is 9.55 Å². The maximum absolute atomic E-state index is 12.4. The van der Waals surface area contributed by atoms with Crippen molar-refractivity contribution >= 4 is 22.7 Å². The Balaban J connectivity index is 1.66. The first-order valence-electron chi connectivity index (χ1n) is 11.2. The second kappa shape index (κ2) is 9.69. The molecule has 1 heterocycles. The van der Waals surface area contributed by atoms with E-state index in [9.17, 15) is 4.79 Å². The van der Waals surface area contributed by atoms with E-state index in [-0.39, 0.29) is 5.97 Å². The maximum Gasteiger partial charge on any atom is 0.338 e. The summed E-state index contributed by atoms with van der Waals surface area (Å²) in [7, 11) is 0. The van der Waals surface area contributed by atoms with Gasteiger partial charge in [0.2, 0.25) is 0 Å². The van der Waals surface area contributed by atoms with Crippen LogP contribution in [0.4, 0.5) is 5.69 Å². The van der Waals surface area contributed by atoms with Gasteiger partial charge in [-0.15, -0.1) is 0 Å². The Morgan fingerprint density at radius 2 is 1.78 bits per heavy atom. The largest absolute Gasteiger partial charge is 0.462 e. The lowest BCUT2D eigenvalue weighted by Crippen LogP contribution is -2.07. The monoisotopic (exact) mass is 427 g/mol. The summed E-state index contributed by atoms with van der Waals surface area (Å²) >= 11 is 0. The number of nitrogen functional groups attached to an aromatic ring is 1. The van der Waals surface area contributed by atoms with Crippen molar-refractivity contribution in [3.05, 3.63) is 83.7 Å². The number of aromatic nitrogens is 2. The van der Waals surface area contributed by atoms with Crippen molar-refractivity contribution in [3.8, 4) is 11.1 Å². The molecule has 1 aromatic heterocycles. The van der Waals surface area contributed by atoms with Gasteiger partial charge in [0.1, 0.15) is 5.82 Å². The Kier molecular flexibility index (Phi) is 6.55. The fourth-order valence-electron chi connectivity index (χ4n) is 4.05. The van der Waals surface area contributed by atoms with Crippen LogP contribution in [0.15, 0.2) is 66.7 Å². The van der Waals surface area contributed by atoms with Gasteiger partial charge < -0.3 is 15.0 Å². The summed E-state index contributed by atoms with van der Waals surface area (Å²) in [5.74, 6) is 0.768. The van der Waals surface area contributed by atoms with Gasteiger partial charge in [0.25, 0.3) is 0 Å². The van der Waals surface area contributed by atoms with Gasteiger partial charge in [0.05, 0.1) is 28.9 Å². The first-order chi connectivity index (χ1) is 15.6. The van der Waals surface area contributed by atoms with Crippen LogP contribution in [-0.2, 0) is 17.7 Å². The number of anilines is 1. The van der Waals surface area contributed by atoms with E-state index < -0.39 is 0 Å². The number of carbonyl (C=O) groups is 1. The van der Waals surface area contributed by atoms with Gasteiger partial charge >= 0.3 is 5.97 Å². The van der Waals surface area contributed by atoms with E-state index in [0.717, 1.165) is 58.5 Å². The molecule has 4 rings (SSSR count). The second-order valence-electron chi connectivity index (χ2n) is 7.90. The molecular formula is C27H29N3O2. The molecule has 0 aliphatic heterocycles. The van der Waals surface area contributed by atoms with E-state index in [4.69, 9.17) is 15.5 Å². The number of nitrogens with zero attached hydrogens (tertiary/aromatic N) is 2. The van der Waals surface area contributed by atoms with Crippen LogP contribution in [0.1, 0.15) is 48.4 Å². The Morgan fingerprint density at radius 1 is 1.00 bits per heavy atom. The summed E-state index contributed by atoms with van der Waals surface area (Å²) in [6.07, 6.45) is 3.13. The Hall–Kier alpha value is -3.60. The highest BCUT2D eigenvalue weighted by Crippen LogP contribution is 2.27. The minimum Gasteiger partial charge on any atom is -0.462 e. The molecule has 32 heavy (non-hydrogen) atoms. The van der Waals surface area contributed by atoms with Crippen LogP contribution in [0.5, 0.6) is 0 Å². The average Bonchev–Trinajstić information content (AvgIpc) is 3.16. The van der Waals surface area contributed by atoms with Crippen LogP contribution >= 0.6 is 0 Å². The molecule has 0 aliphatic rings. The summed E-state index contributed by atoms with van der Waals surface area (Å²) in [5.41, 5.74) is 12.6. The summed E-state index contributed by atoms with van der Waals surface area (Å²) < 4.78 is 7.46. The van der Waals surface area contributed by atoms with E-state index >= 15 is 0 Å². The zero-order valence-electron chi connectivity index (χ0n) is 18.7. The molecule has 0 atom stereocenters. The van der Waals surface area contributed by atoms with Gasteiger partial charge in [0.15, 0.2) is 0 Å². The molecule has 5 heteroatoms. The van der Waals surface area contributed by atoms with Crippen molar-refractivity contribution in [1.29, 1.82) is 0 Å². The van der Waals surface area contributed by atoms with E-state index in [1.807, 2.05) is 49.4 Å². The second-order valence-corrected chi connectivity index (χ2v) is 7.90. The number of ether oxygens (including phenoxy) is 1. The van der Waals surface area contributed by atoms with Crippen LogP contribution < -0.4 is 5.73 Å². The van der Waals surface area contributed by atoms with Crippen molar-refractivity contribution in [3.63, 3.8) is 0 Å². The third kappa shape index (κ3) is 4.37. The SMILES string of the molecule is CCCCc1nc2cccc(N)c2n1Cc1ccc(-c2ccccc2C(=O)OCC)cc1. The Labute approximate surface area is 188 Å². The number of para-hydroxylation sites is 1. The van der Waals surface area contributed by atoms with Gasteiger partial charge in [0, 0.05) is 13.0 Å². The fourth-order valence-corrected chi connectivity index (χ4v) is 4.05. The van der Waals surface area contributed by atoms with Crippen LogP contribution in [0.25, 0.3) is 22.2 Å². The van der Waals surface area contributed by atoms with E-state index in [2.05, 4.69) is 35.8 Å². The molecule has 0 spiro atoms. The number of rotatable bonds is 8. The van der Waals surface area contributed by atoms with Gasteiger partial charge in [-0.2, -0.15) is 0 Å². The summed E-state index contributed by atoms with van der Waals surface area (Å²) in [6, 6.07) is 21.8. The van der Waals surface area contributed by atoms with E-state index in [1.165, 1.54) is 0 Å². The molecule has 4 aromatic rings. The first-order valence-corrected chi connectivity index (χ1v) is 11.2. The number of esters is 1. The molecule has 3 aromatic carbocycles. The highest BCUT2D eigenvalue weighted by atomic mass is 16.5. The van der Waals surface area contributed by atoms with Crippen molar-refractivity contribution < 1.29 is 9.53 Å². The lowest BCUT2D eigenvalue weighted by molar-refractivity contribution is 0.0527. The number of nitrogens with two attached hydrogens (primary N) is 1. The number of hydrogen-bond acceptors (Lipinski definition) is 4. The quantitative estimate of drug-likeness (QED) is 0.283. The summed E-state index contributed by atoms with van der Waals surface area (Å²) in [6.45, 7) is 5.06. The highest BCUT2D eigenvalue weighted by molar-refractivity contribution is 5.97. The molecule has 0 saturated carbocycles. The average molecular weight is 428 g/mol. The standard InChI is InChI=1S/C27H29N3O2/c1-3-5-13-25-29-24-12-8-11-23(28)26(24)30(25)18-19-14-16-20(17-15-19)21-9-6-7-10-22(21)27(31)32-4-2/h6-12,14-17H,3-5,13,18,28H2,1-2H3. The molecule has 2 N–H and O–H groups in total. The van der Waals surface area contributed by atoms with Gasteiger partial charge in [-0.25, -0.2) is 9.78 Å². The van der Waals surface area contributed by atoms with Gasteiger partial charge in [-0.1, -0.05) is 61.9 Å². The lowest BCUT2D eigenvalue weighted by Gasteiger charge is -2.12. The molecule has 0 aliphatic carbocycles. The normalized spacial score (nSPS) is 11.1. The zero-order valence-corrected chi connectivity index (χ0v) is 18.7. The van der Waals surface area contributed by atoms with Crippen LogP contribution in [0.3, 0.4) is 0 Å². The maximum atomic E-state index is 12.4. The Morgan fingerprint density at radius 3 is 2.53 bits per heavy atom. The van der Waals surface area contributed by atoms with Crippen molar-refractivity contribution in [2.45, 2.75) is 39.7 Å². The molecule has 0 amide bonds. The summed E-state index contributed by atoms with van der Waals surface area (Å²) in [4.78, 5) is 17.2. The molecule has 164 valence electrons. The number of carbonyl (C=O) groups excluding carboxylic acids is 1. The molecule has 0 saturated heterocycles. The van der Waals surface area contributed by atoms with Crippen LogP contribution in [-0.4, -0.2) is 22.1 Å². The number of hydrogen-bond donors (Lipinski definition) is 1. The molecular weight excluding hydrogens is 398 g/mol. The third-order valence-corrected chi connectivity index (χ3v) is 5.66. The third-order valence-electron chi connectivity index (χ3n) is 5.66. The van der Waals surface area contributed by atoms with E-state index in [1.54, 1.807) is 0 Å². The molecule has 0 fully saturated rings. The first kappa shape index (κ1) is 21.6. The predicted molar refractivity (Wildman–Crippen MR) is 130 cm³/mol. The minimum atomic E-state index is -0.298. The molecule has 5 nitrogen and oxygen atoms in total. The smallest absolute Gasteiger partial charge is 0.338 e. The van der Waals surface area contributed by atoms with Crippen LogP contribution in [0, 0.1) is 0 Å². The Bertz CT molecular complexity index is 1230. The number of aryl methyl sites for hydroxylation is 1.